The van der Waals surface area contributed by atoms with Gasteiger partial charge in [-0.2, -0.15) is 11.3 Å². The number of amides is 1. The fraction of sp³-hybridized carbons (Fsp3) is 0.450. The van der Waals surface area contributed by atoms with Crippen molar-refractivity contribution in [2.24, 2.45) is 5.73 Å². The van der Waals surface area contributed by atoms with Crippen molar-refractivity contribution >= 4 is 38.9 Å². The lowest BCUT2D eigenvalue weighted by Crippen LogP contribution is -2.47. The van der Waals surface area contributed by atoms with Crippen LogP contribution in [0.5, 0.6) is 0 Å². The van der Waals surface area contributed by atoms with E-state index < -0.39 is 0 Å². The molecule has 1 atom stereocenters. The lowest BCUT2D eigenvalue weighted by molar-refractivity contribution is -0.119. The molecule has 1 aromatic heterocycles. The summed E-state index contributed by atoms with van der Waals surface area (Å²) < 4.78 is 1.03. The van der Waals surface area contributed by atoms with Crippen molar-refractivity contribution < 1.29 is 4.79 Å². The average Bonchev–Trinajstić information content (AvgIpc) is 3.15. The second kappa shape index (κ2) is 9.53. The van der Waals surface area contributed by atoms with Gasteiger partial charge in [0.1, 0.15) is 6.04 Å². The molecule has 2 heterocycles. The van der Waals surface area contributed by atoms with Gasteiger partial charge in [-0.3, -0.25) is 4.79 Å². The van der Waals surface area contributed by atoms with Crippen LogP contribution < -0.4 is 10.6 Å². The Bertz CT molecular complexity index is 684. The highest BCUT2D eigenvalue weighted by Gasteiger charge is 2.25. The van der Waals surface area contributed by atoms with E-state index in [1.807, 2.05) is 24.3 Å². The maximum atomic E-state index is 12.3. The lowest BCUT2D eigenvalue weighted by Gasteiger charge is -2.34. The number of halogens is 1. The van der Waals surface area contributed by atoms with Gasteiger partial charge in [-0.25, -0.2) is 0 Å². The second-order valence-corrected chi connectivity index (χ2v) is 8.54. The van der Waals surface area contributed by atoms with E-state index in [0.717, 1.165) is 36.2 Å². The highest BCUT2D eigenvalue weighted by atomic mass is 79.9. The maximum Gasteiger partial charge on any atom is 0.240 e. The molecular weight excluding hydrogens is 410 g/mol. The highest BCUT2D eigenvalue weighted by Crippen LogP contribution is 2.25. The van der Waals surface area contributed by atoms with Crippen LogP contribution in [-0.4, -0.2) is 36.5 Å². The molecule has 1 aliphatic heterocycles. The van der Waals surface area contributed by atoms with Crippen molar-refractivity contribution in [2.45, 2.75) is 38.3 Å². The first-order valence-corrected chi connectivity index (χ1v) is 10.9. The van der Waals surface area contributed by atoms with E-state index in [4.69, 9.17) is 5.73 Å². The monoisotopic (exact) mass is 435 g/mol. The van der Waals surface area contributed by atoms with E-state index in [9.17, 15) is 4.79 Å². The third-order valence-corrected chi connectivity index (χ3v) is 6.22. The molecule has 4 nitrogen and oxygen atoms in total. The Morgan fingerprint density at radius 3 is 2.54 bits per heavy atom. The van der Waals surface area contributed by atoms with Gasteiger partial charge >= 0.3 is 0 Å². The van der Waals surface area contributed by atoms with Gasteiger partial charge in [0.2, 0.25) is 5.91 Å². The third kappa shape index (κ3) is 5.32. The SMILES string of the molecule is NC(=O)[C@@H](CCN1CCCCC1)N(Cc1ccsc1)c1ccc(Br)cc1. The summed E-state index contributed by atoms with van der Waals surface area (Å²) in [4.78, 5) is 17.0. The average molecular weight is 436 g/mol. The van der Waals surface area contributed by atoms with E-state index in [2.05, 4.69) is 42.6 Å². The second-order valence-electron chi connectivity index (χ2n) is 6.85. The minimum atomic E-state index is -0.307. The van der Waals surface area contributed by atoms with Gasteiger partial charge in [0.05, 0.1) is 0 Å². The van der Waals surface area contributed by atoms with E-state index in [1.54, 1.807) is 11.3 Å². The number of hydrogen-bond donors (Lipinski definition) is 1. The van der Waals surface area contributed by atoms with Gasteiger partial charge in [0.15, 0.2) is 0 Å². The molecule has 2 N–H and O–H groups in total. The van der Waals surface area contributed by atoms with Crippen molar-refractivity contribution in [3.63, 3.8) is 0 Å². The summed E-state index contributed by atoms with van der Waals surface area (Å²) in [5, 5.41) is 4.21. The molecule has 1 aromatic carbocycles. The third-order valence-electron chi connectivity index (χ3n) is 4.96. The zero-order valence-corrected chi connectivity index (χ0v) is 17.3. The Morgan fingerprint density at radius 2 is 1.92 bits per heavy atom. The molecule has 0 aliphatic carbocycles. The Balaban J connectivity index is 1.78. The van der Waals surface area contributed by atoms with E-state index >= 15 is 0 Å². The molecule has 1 saturated heterocycles. The van der Waals surface area contributed by atoms with E-state index in [1.165, 1.54) is 24.8 Å². The first-order valence-electron chi connectivity index (χ1n) is 9.18. The summed E-state index contributed by atoms with van der Waals surface area (Å²) >= 11 is 5.17. The number of benzene rings is 1. The molecule has 0 bridgehead atoms. The molecule has 6 heteroatoms. The molecule has 3 rings (SSSR count). The van der Waals surface area contributed by atoms with Gasteiger partial charge < -0.3 is 15.5 Å². The Morgan fingerprint density at radius 1 is 1.19 bits per heavy atom. The summed E-state index contributed by atoms with van der Waals surface area (Å²) in [6.07, 6.45) is 4.59. The largest absolute Gasteiger partial charge is 0.368 e. The number of likely N-dealkylation sites (tertiary alicyclic amines) is 1. The summed E-state index contributed by atoms with van der Waals surface area (Å²) in [5.74, 6) is -0.250. The highest BCUT2D eigenvalue weighted by molar-refractivity contribution is 9.10. The van der Waals surface area contributed by atoms with E-state index in [0.29, 0.717) is 6.54 Å². The van der Waals surface area contributed by atoms with E-state index in [-0.39, 0.29) is 11.9 Å². The summed E-state index contributed by atoms with van der Waals surface area (Å²) in [7, 11) is 0. The summed E-state index contributed by atoms with van der Waals surface area (Å²) in [5.41, 5.74) is 8.08. The number of hydrogen-bond acceptors (Lipinski definition) is 4. The predicted octanol–water partition coefficient (Wildman–Crippen LogP) is 4.25. The Kier molecular flexibility index (Phi) is 7.11. The van der Waals surface area contributed by atoms with Crippen molar-refractivity contribution in [2.75, 3.05) is 24.5 Å². The quantitative estimate of drug-likeness (QED) is 0.673. The summed E-state index contributed by atoms with van der Waals surface area (Å²) in [6, 6.07) is 9.93. The molecular formula is C20H26BrN3OS. The number of rotatable bonds is 8. The minimum Gasteiger partial charge on any atom is -0.368 e. The Labute approximate surface area is 168 Å². The van der Waals surface area contributed by atoms with Crippen LogP contribution in [-0.2, 0) is 11.3 Å². The van der Waals surface area contributed by atoms with Crippen molar-refractivity contribution in [1.82, 2.24) is 4.90 Å². The first kappa shape index (κ1) is 19.4. The fourth-order valence-corrected chi connectivity index (χ4v) is 4.46. The van der Waals surface area contributed by atoms with Crippen molar-refractivity contribution in [1.29, 1.82) is 0 Å². The zero-order valence-electron chi connectivity index (χ0n) is 14.9. The van der Waals surface area contributed by atoms with Gasteiger partial charge in [-0.15, -0.1) is 0 Å². The van der Waals surface area contributed by atoms with Crippen LogP contribution in [0.1, 0.15) is 31.2 Å². The zero-order chi connectivity index (χ0) is 18.4. The minimum absolute atomic E-state index is 0.250. The van der Waals surface area contributed by atoms with Gasteiger partial charge in [0.25, 0.3) is 0 Å². The molecule has 0 spiro atoms. The van der Waals surface area contributed by atoms with Crippen LogP contribution in [0.4, 0.5) is 5.69 Å². The summed E-state index contributed by atoms with van der Waals surface area (Å²) in [6.45, 7) is 3.88. The number of thiophene rings is 1. The molecule has 0 radical (unpaired) electrons. The first-order chi connectivity index (χ1) is 12.6. The maximum absolute atomic E-state index is 12.3. The topological polar surface area (TPSA) is 49.6 Å². The van der Waals surface area contributed by atoms with Gasteiger partial charge in [-0.05, 0) is 79.0 Å². The molecule has 2 aromatic rings. The molecule has 0 saturated carbocycles. The molecule has 26 heavy (non-hydrogen) atoms. The standard InChI is InChI=1S/C20H26BrN3OS/c21-17-4-6-18(7-5-17)24(14-16-9-13-26-15-16)19(20(22)25)8-12-23-10-2-1-3-11-23/h4-7,9,13,15,19H,1-3,8,10-12,14H2,(H2,22,25)/t19-/m1/s1. The Hall–Kier alpha value is -1.37. The molecule has 1 amide bonds. The number of carbonyl (C=O) groups is 1. The number of primary amides is 1. The van der Waals surface area contributed by atoms with Crippen LogP contribution in [0.3, 0.4) is 0 Å². The van der Waals surface area contributed by atoms with Crippen LogP contribution in [0, 0.1) is 0 Å². The number of piperidine rings is 1. The molecule has 140 valence electrons. The van der Waals surface area contributed by atoms with Crippen LogP contribution in [0.2, 0.25) is 0 Å². The lowest BCUT2D eigenvalue weighted by atomic mass is 10.1. The smallest absolute Gasteiger partial charge is 0.240 e. The van der Waals surface area contributed by atoms with Crippen molar-refractivity contribution in [3.05, 3.63) is 51.1 Å². The molecule has 1 aliphatic rings. The predicted molar refractivity (Wildman–Crippen MR) is 113 cm³/mol. The van der Waals surface area contributed by atoms with Crippen LogP contribution >= 0.6 is 27.3 Å². The number of nitrogens with zero attached hydrogens (tertiary/aromatic N) is 2. The fourth-order valence-electron chi connectivity index (χ4n) is 3.53. The normalized spacial score (nSPS) is 16.3. The van der Waals surface area contributed by atoms with Crippen LogP contribution in [0.25, 0.3) is 0 Å². The van der Waals surface area contributed by atoms with Crippen LogP contribution in [0.15, 0.2) is 45.6 Å². The number of carbonyl (C=O) groups excluding carboxylic acids is 1. The number of nitrogens with two attached hydrogens (primary N) is 1. The molecule has 0 unspecified atom stereocenters. The van der Waals surface area contributed by atoms with Gasteiger partial charge in [-0.1, -0.05) is 22.4 Å². The number of anilines is 1. The molecule has 1 fully saturated rings. The van der Waals surface area contributed by atoms with Crippen molar-refractivity contribution in [3.8, 4) is 0 Å². The van der Waals surface area contributed by atoms with Gasteiger partial charge in [0, 0.05) is 23.2 Å².